The Balaban J connectivity index is 0.947. The number of allylic oxidation sites excluding steroid dienone is 10. The van der Waals surface area contributed by atoms with Crippen LogP contribution in [-0.2, 0) is 12.8 Å². The summed E-state index contributed by atoms with van der Waals surface area (Å²) < 4.78 is 0. The zero-order valence-electron chi connectivity index (χ0n) is 32.4. The first-order valence-corrected chi connectivity index (χ1v) is 20.8. The molecule has 0 heterocycles. The molecule has 0 radical (unpaired) electrons. The van der Waals surface area contributed by atoms with Gasteiger partial charge in [0.2, 0.25) is 0 Å². The van der Waals surface area contributed by atoms with Crippen molar-refractivity contribution >= 4 is 50.1 Å². The summed E-state index contributed by atoms with van der Waals surface area (Å²) in [5, 5.41) is 11.9. The molecule has 0 bridgehead atoms. The van der Waals surface area contributed by atoms with E-state index in [1.165, 1.54) is 76.5 Å². The Bertz CT molecular complexity index is 2860. The zero-order valence-corrected chi connectivity index (χ0v) is 32.4. The van der Waals surface area contributed by atoms with Gasteiger partial charge in [0, 0.05) is 28.9 Å². The minimum absolute atomic E-state index is 0.204. The lowest BCUT2D eigenvalue weighted by Crippen LogP contribution is -2.36. The number of nitrogens with two attached hydrogens (primary N) is 1. The molecule has 4 aliphatic carbocycles. The number of aryl methyl sites for hydroxylation is 2. The number of hydrogen-bond acceptors (Lipinski definition) is 2. The van der Waals surface area contributed by atoms with Crippen molar-refractivity contribution in [2.45, 2.75) is 51.0 Å². The highest BCUT2D eigenvalue weighted by molar-refractivity contribution is 5.92. The molecule has 0 aromatic heterocycles. The van der Waals surface area contributed by atoms with Crippen LogP contribution in [-0.4, -0.2) is 0 Å². The molecule has 278 valence electrons. The molecule has 2 atom stereocenters. The van der Waals surface area contributed by atoms with E-state index in [4.69, 9.17) is 5.73 Å². The summed E-state index contributed by atoms with van der Waals surface area (Å²) >= 11 is 0. The molecule has 10 rings (SSSR count). The van der Waals surface area contributed by atoms with E-state index in [2.05, 4.69) is 181 Å². The van der Waals surface area contributed by atoms with Crippen LogP contribution in [0.15, 0.2) is 181 Å². The SMILES string of the molecule is NC(/C=C(\CCc1cc2ccccc2c2c1C=CCC2)C1=CC=CCC1)c1ccc(Nc2ccccc2C2=c3c(ccc4ccccc34)=C3C=CC=CC3C2)cc1. The van der Waals surface area contributed by atoms with Gasteiger partial charge >= 0.3 is 0 Å². The van der Waals surface area contributed by atoms with Crippen molar-refractivity contribution in [3.8, 4) is 0 Å². The van der Waals surface area contributed by atoms with E-state index in [1.54, 1.807) is 0 Å². The second kappa shape index (κ2) is 15.4. The van der Waals surface area contributed by atoms with E-state index in [-0.39, 0.29) is 6.04 Å². The fourth-order valence-corrected chi connectivity index (χ4v) is 9.67. The summed E-state index contributed by atoms with van der Waals surface area (Å²) in [5.41, 5.74) is 21.6. The van der Waals surface area contributed by atoms with E-state index < -0.39 is 0 Å². The van der Waals surface area contributed by atoms with Crippen molar-refractivity contribution < 1.29 is 0 Å². The average Bonchev–Trinajstić information content (AvgIpc) is 3.28. The van der Waals surface area contributed by atoms with Gasteiger partial charge in [-0.2, -0.15) is 0 Å². The number of benzene rings is 6. The lowest BCUT2D eigenvalue weighted by atomic mass is 9.78. The van der Waals surface area contributed by atoms with Crippen LogP contribution in [0.25, 0.3) is 38.8 Å². The maximum absolute atomic E-state index is 7.06. The molecule has 6 aromatic rings. The molecule has 6 aromatic carbocycles. The fourth-order valence-electron chi connectivity index (χ4n) is 9.67. The Kier molecular flexibility index (Phi) is 9.50. The predicted octanol–water partition coefficient (Wildman–Crippen LogP) is 12.0. The van der Waals surface area contributed by atoms with Crippen molar-refractivity contribution in [1.82, 2.24) is 0 Å². The van der Waals surface area contributed by atoms with Crippen molar-refractivity contribution in [2.24, 2.45) is 11.7 Å². The second-order valence-electron chi connectivity index (χ2n) is 16.0. The number of para-hydroxylation sites is 1. The Morgan fingerprint density at radius 1 is 0.754 bits per heavy atom. The van der Waals surface area contributed by atoms with Gasteiger partial charge in [0.05, 0.1) is 0 Å². The van der Waals surface area contributed by atoms with Gasteiger partial charge in [-0.3, -0.25) is 0 Å². The molecule has 3 N–H and O–H groups in total. The van der Waals surface area contributed by atoms with E-state index in [1.807, 2.05) is 0 Å². The summed E-state index contributed by atoms with van der Waals surface area (Å²) in [7, 11) is 0. The summed E-state index contributed by atoms with van der Waals surface area (Å²) in [6.07, 6.45) is 30.1. The van der Waals surface area contributed by atoms with Crippen LogP contribution in [0.1, 0.15) is 66.0 Å². The van der Waals surface area contributed by atoms with Gasteiger partial charge in [-0.25, -0.2) is 0 Å². The molecule has 0 saturated carbocycles. The van der Waals surface area contributed by atoms with Gasteiger partial charge in [0.25, 0.3) is 0 Å². The van der Waals surface area contributed by atoms with E-state index in [0.717, 1.165) is 61.9 Å². The monoisotopic (exact) mass is 736 g/mol. The Labute approximate surface area is 336 Å². The van der Waals surface area contributed by atoms with Gasteiger partial charge < -0.3 is 11.1 Å². The van der Waals surface area contributed by atoms with Crippen LogP contribution in [0.2, 0.25) is 0 Å². The Morgan fingerprint density at radius 3 is 2.44 bits per heavy atom. The summed E-state index contributed by atoms with van der Waals surface area (Å²) in [4.78, 5) is 0. The number of anilines is 2. The highest BCUT2D eigenvalue weighted by atomic mass is 14.9. The average molecular weight is 737 g/mol. The zero-order chi connectivity index (χ0) is 38.1. The molecular formula is C55H48N2. The largest absolute Gasteiger partial charge is 0.355 e. The Morgan fingerprint density at radius 2 is 1.56 bits per heavy atom. The smallest absolute Gasteiger partial charge is 0.0486 e. The van der Waals surface area contributed by atoms with Crippen LogP contribution in [0.5, 0.6) is 0 Å². The van der Waals surface area contributed by atoms with E-state index >= 15 is 0 Å². The van der Waals surface area contributed by atoms with Crippen LogP contribution in [0.4, 0.5) is 11.4 Å². The van der Waals surface area contributed by atoms with Gasteiger partial charge in [-0.05, 0) is 140 Å². The summed E-state index contributed by atoms with van der Waals surface area (Å²) in [6.45, 7) is 0. The van der Waals surface area contributed by atoms with Crippen molar-refractivity contribution in [1.29, 1.82) is 0 Å². The maximum atomic E-state index is 7.06. The highest BCUT2D eigenvalue weighted by Crippen LogP contribution is 2.37. The molecular weight excluding hydrogens is 689 g/mol. The van der Waals surface area contributed by atoms with Crippen molar-refractivity contribution in [3.63, 3.8) is 0 Å². The number of fused-ring (bicyclic) bond motifs is 7. The van der Waals surface area contributed by atoms with Crippen molar-refractivity contribution in [3.05, 3.63) is 219 Å². The van der Waals surface area contributed by atoms with Gasteiger partial charge in [-0.1, -0.05) is 158 Å². The molecule has 2 heteroatoms. The summed E-state index contributed by atoms with van der Waals surface area (Å²) in [6, 6.07) is 42.1. The highest BCUT2D eigenvalue weighted by Gasteiger charge is 2.24. The van der Waals surface area contributed by atoms with Crippen LogP contribution < -0.4 is 21.5 Å². The maximum Gasteiger partial charge on any atom is 0.0486 e. The molecule has 0 saturated heterocycles. The molecule has 2 nitrogen and oxygen atoms in total. The Hall–Kier alpha value is -6.22. The van der Waals surface area contributed by atoms with Gasteiger partial charge in [-0.15, -0.1) is 0 Å². The molecule has 0 amide bonds. The first-order chi connectivity index (χ1) is 28.2. The molecule has 0 fully saturated rings. The van der Waals surface area contributed by atoms with E-state index in [9.17, 15) is 0 Å². The normalized spacial score (nSPS) is 17.7. The lowest BCUT2D eigenvalue weighted by Gasteiger charge is -2.26. The van der Waals surface area contributed by atoms with Crippen molar-refractivity contribution in [2.75, 3.05) is 5.32 Å². The fraction of sp³-hybridized carbons (Fsp3) is 0.164. The number of hydrogen-bond donors (Lipinski definition) is 2. The molecule has 2 unspecified atom stereocenters. The third kappa shape index (κ3) is 6.85. The summed E-state index contributed by atoms with van der Waals surface area (Å²) in [5.74, 6) is 0.362. The first kappa shape index (κ1) is 35.2. The standard InChI is InChI=1S/C55H48N2/c56-53(36-40(37-14-2-1-3-15-37)26-27-43-34-41-17-5-7-19-45(41)49-23-11-10-20-46(43)49)39-28-31-44(32-29-39)57-54-25-13-12-24-50(54)52-35-42-18-6-8-21-47(42)51-33-30-38-16-4-9-22-48(38)55(51)52/h1-2,4-10,12-14,16-22,24-25,28-34,36,42,53,57H,3,11,15,23,26-27,35,56H2/b40-36+. The van der Waals surface area contributed by atoms with Gasteiger partial charge in [0.1, 0.15) is 0 Å². The van der Waals surface area contributed by atoms with Gasteiger partial charge in [0.15, 0.2) is 0 Å². The lowest BCUT2D eigenvalue weighted by molar-refractivity contribution is 0.842. The van der Waals surface area contributed by atoms with Crippen LogP contribution >= 0.6 is 0 Å². The topological polar surface area (TPSA) is 38.0 Å². The quantitative estimate of drug-likeness (QED) is 0.155. The number of nitrogens with one attached hydrogen (secondary N) is 1. The third-order valence-corrected chi connectivity index (χ3v) is 12.5. The first-order valence-electron chi connectivity index (χ1n) is 20.8. The minimum Gasteiger partial charge on any atom is -0.355 e. The molecule has 0 aliphatic heterocycles. The third-order valence-electron chi connectivity index (χ3n) is 12.5. The molecule has 0 spiro atoms. The van der Waals surface area contributed by atoms with Crippen LogP contribution in [0, 0.1) is 5.92 Å². The van der Waals surface area contributed by atoms with Crippen LogP contribution in [0.3, 0.4) is 0 Å². The van der Waals surface area contributed by atoms with E-state index in [0.29, 0.717) is 5.92 Å². The number of rotatable bonds is 9. The second-order valence-corrected chi connectivity index (χ2v) is 16.0. The molecule has 4 aliphatic rings. The molecule has 57 heavy (non-hydrogen) atoms. The minimum atomic E-state index is -0.204. The predicted molar refractivity (Wildman–Crippen MR) is 243 cm³/mol.